The number of hydrogen-bond acceptors (Lipinski definition) is 7. The van der Waals surface area contributed by atoms with E-state index in [-0.39, 0.29) is 11.6 Å². The standard InChI is InChI=1S/C18H18N6O2/c1-26-16-11-22-15(10-23-16)18(25)24-13-5-2-4-12(8-13)9-21-14-6-3-7-20-17(14)19/h2-8,10-11,21H,9H2,1H3,(H2,19,20)(H,24,25). The van der Waals surface area contributed by atoms with Crippen LogP contribution >= 0.6 is 0 Å². The van der Waals surface area contributed by atoms with Crippen molar-refractivity contribution in [2.75, 3.05) is 23.5 Å². The fraction of sp³-hybridized carbons (Fsp3) is 0.111. The van der Waals surface area contributed by atoms with Gasteiger partial charge in [0.15, 0.2) is 0 Å². The molecule has 4 N–H and O–H groups in total. The number of benzene rings is 1. The molecule has 8 heteroatoms. The summed E-state index contributed by atoms with van der Waals surface area (Å²) in [5.74, 6) is 0.445. The van der Waals surface area contributed by atoms with Gasteiger partial charge in [-0.1, -0.05) is 12.1 Å². The second kappa shape index (κ2) is 7.93. The first-order valence-corrected chi connectivity index (χ1v) is 7.86. The van der Waals surface area contributed by atoms with E-state index in [9.17, 15) is 4.79 Å². The quantitative estimate of drug-likeness (QED) is 0.625. The van der Waals surface area contributed by atoms with Crippen LogP contribution in [0.2, 0.25) is 0 Å². The molecule has 0 aliphatic heterocycles. The van der Waals surface area contributed by atoms with E-state index in [1.807, 2.05) is 30.3 Å². The number of anilines is 3. The molecule has 0 fully saturated rings. The number of nitrogens with two attached hydrogens (primary N) is 1. The third-order valence-electron chi connectivity index (χ3n) is 3.58. The molecule has 0 atom stereocenters. The fourth-order valence-corrected chi connectivity index (χ4v) is 2.26. The highest BCUT2D eigenvalue weighted by Crippen LogP contribution is 2.17. The van der Waals surface area contributed by atoms with Crippen LogP contribution in [0, 0.1) is 0 Å². The number of nitrogen functional groups attached to an aromatic ring is 1. The fourth-order valence-electron chi connectivity index (χ4n) is 2.26. The van der Waals surface area contributed by atoms with Crippen molar-refractivity contribution in [3.05, 3.63) is 66.2 Å². The minimum Gasteiger partial charge on any atom is -0.480 e. The molecule has 0 bridgehead atoms. The van der Waals surface area contributed by atoms with Gasteiger partial charge in [0.25, 0.3) is 5.91 Å². The first-order chi connectivity index (χ1) is 12.7. The first kappa shape index (κ1) is 17.2. The maximum absolute atomic E-state index is 12.3. The van der Waals surface area contributed by atoms with Crippen molar-refractivity contribution in [2.24, 2.45) is 0 Å². The lowest BCUT2D eigenvalue weighted by Gasteiger charge is -2.10. The molecule has 0 aliphatic rings. The molecular formula is C18H18N6O2. The summed E-state index contributed by atoms with van der Waals surface area (Å²) >= 11 is 0. The molecule has 1 amide bonds. The van der Waals surface area contributed by atoms with Crippen LogP contribution in [0.5, 0.6) is 5.88 Å². The average Bonchev–Trinajstić information content (AvgIpc) is 2.68. The maximum Gasteiger partial charge on any atom is 0.275 e. The summed E-state index contributed by atoms with van der Waals surface area (Å²) in [5, 5.41) is 6.02. The molecule has 0 saturated heterocycles. The molecule has 3 aromatic rings. The Hall–Kier alpha value is -3.68. The Morgan fingerprint density at radius 1 is 1.15 bits per heavy atom. The highest BCUT2D eigenvalue weighted by Gasteiger charge is 2.09. The number of carbonyl (C=O) groups excluding carboxylic acids is 1. The Morgan fingerprint density at radius 2 is 2.04 bits per heavy atom. The largest absolute Gasteiger partial charge is 0.480 e. The van der Waals surface area contributed by atoms with Gasteiger partial charge in [-0.15, -0.1) is 0 Å². The van der Waals surface area contributed by atoms with Gasteiger partial charge in [0.05, 0.1) is 25.2 Å². The first-order valence-electron chi connectivity index (χ1n) is 7.86. The van der Waals surface area contributed by atoms with Crippen molar-refractivity contribution in [1.82, 2.24) is 15.0 Å². The summed E-state index contributed by atoms with van der Waals surface area (Å²) in [6, 6.07) is 11.1. The maximum atomic E-state index is 12.3. The molecule has 3 rings (SSSR count). The van der Waals surface area contributed by atoms with Crippen molar-refractivity contribution in [2.45, 2.75) is 6.54 Å². The number of amides is 1. The summed E-state index contributed by atoms with van der Waals surface area (Å²) in [4.78, 5) is 24.3. The van der Waals surface area contributed by atoms with E-state index in [1.165, 1.54) is 19.5 Å². The lowest BCUT2D eigenvalue weighted by molar-refractivity contribution is 0.102. The van der Waals surface area contributed by atoms with Crippen molar-refractivity contribution < 1.29 is 9.53 Å². The van der Waals surface area contributed by atoms with Gasteiger partial charge >= 0.3 is 0 Å². The number of nitrogens with zero attached hydrogens (tertiary/aromatic N) is 3. The highest BCUT2D eigenvalue weighted by molar-refractivity contribution is 6.02. The molecule has 1 aromatic carbocycles. The van der Waals surface area contributed by atoms with Crippen LogP contribution in [-0.2, 0) is 6.54 Å². The Balaban J connectivity index is 1.65. The molecule has 0 aliphatic carbocycles. The molecule has 0 saturated carbocycles. The highest BCUT2D eigenvalue weighted by atomic mass is 16.5. The summed E-state index contributed by atoms with van der Waals surface area (Å²) in [5.41, 5.74) is 8.42. The van der Waals surface area contributed by atoms with Crippen LogP contribution in [-0.4, -0.2) is 28.0 Å². The summed E-state index contributed by atoms with van der Waals surface area (Å²) < 4.78 is 4.93. The van der Waals surface area contributed by atoms with E-state index >= 15 is 0 Å². The van der Waals surface area contributed by atoms with Crippen LogP contribution in [0.4, 0.5) is 17.2 Å². The number of carbonyl (C=O) groups is 1. The molecule has 0 radical (unpaired) electrons. The molecule has 0 unspecified atom stereocenters. The number of methoxy groups -OCH3 is 1. The predicted octanol–water partition coefficient (Wildman–Crippen LogP) is 2.33. The average molecular weight is 350 g/mol. The number of rotatable bonds is 6. The Labute approximate surface area is 150 Å². The third-order valence-corrected chi connectivity index (χ3v) is 3.58. The van der Waals surface area contributed by atoms with Gasteiger partial charge in [-0.3, -0.25) is 4.79 Å². The van der Waals surface area contributed by atoms with Gasteiger partial charge < -0.3 is 21.1 Å². The summed E-state index contributed by atoms with van der Waals surface area (Å²) in [7, 11) is 1.49. The minimum absolute atomic E-state index is 0.206. The number of nitrogens with one attached hydrogen (secondary N) is 2. The number of pyridine rings is 1. The van der Waals surface area contributed by atoms with E-state index in [1.54, 1.807) is 12.3 Å². The van der Waals surface area contributed by atoms with Crippen LogP contribution in [0.1, 0.15) is 16.1 Å². The summed E-state index contributed by atoms with van der Waals surface area (Å²) in [6.07, 6.45) is 4.40. The Kier molecular flexibility index (Phi) is 5.23. The van der Waals surface area contributed by atoms with Gasteiger partial charge in [-0.25, -0.2) is 15.0 Å². The van der Waals surface area contributed by atoms with E-state index in [0.29, 0.717) is 23.9 Å². The van der Waals surface area contributed by atoms with Crippen molar-refractivity contribution in [1.29, 1.82) is 0 Å². The van der Waals surface area contributed by atoms with Crippen molar-refractivity contribution in [3.63, 3.8) is 0 Å². The predicted molar refractivity (Wildman–Crippen MR) is 99.0 cm³/mol. The second-order valence-electron chi connectivity index (χ2n) is 5.39. The van der Waals surface area contributed by atoms with Gasteiger partial charge in [-0.2, -0.15) is 0 Å². The zero-order valence-electron chi connectivity index (χ0n) is 14.1. The van der Waals surface area contributed by atoms with Gasteiger partial charge in [-0.05, 0) is 29.8 Å². The lowest BCUT2D eigenvalue weighted by atomic mass is 10.2. The van der Waals surface area contributed by atoms with Crippen LogP contribution in [0.15, 0.2) is 55.0 Å². The van der Waals surface area contributed by atoms with Crippen LogP contribution < -0.4 is 21.1 Å². The Morgan fingerprint density at radius 3 is 2.77 bits per heavy atom. The van der Waals surface area contributed by atoms with E-state index in [0.717, 1.165) is 11.3 Å². The van der Waals surface area contributed by atoms with Gasteiger partial charge in [0.2, 0.25) is 5.88 Å². The minimum atomic E-state index is -0.346. The smallest absolute Gasteiger partial charge is 0.275 e. The molecule has 132 valence electrons. The van der Waals surface area contributed by atoms with Crippen LogP contribution in [0.25, 0.3) is 0 Å². The molecule has 2 heterocycles. The molecule has 26 heavy (non-hydrogen) atoms. The topological polar surface area (TPSA) is 115 Å². The van der Waals surface area contributed by atoms with Gasteiger partial charge in [0.1, 0.15) is 11.5 Å². The lowest BCUT2D eigenvalue weighted by Crippen LogP contribution is -2.14. The Bertz CT molecular complexity index is 898. The molecular weight excluding hydrogens is 332 g/mol. The zero-order valence-corrected chi connectivity index (χ0v) is 14.1. The second-order valence-corrected chi connectivity index (χ2v) is 5.39. The molecule has 2 aromatic heterocycles. The van der Waals surface area contributed by atoms with Crippen molar-refractivity contribution >= 4 is 23.1 Å². The van der Waals surface area contributed by atoms with Crippen molar-refractivity contribution in [3.8, 4) is 5.88 Å². The number of ether oxygens (including phenoxy) is 1. The van der Waals surface area contributed by atoms with Crippen LogP contribution in [0.3, 0.4) is 0 Å². The number of hydrogen-bond donors (Lipinski definition) is 3. The summed E-state index contributed by atoms with van der Waals surface area (Å²) in [6.45, 7) is 0.544. The van der Waals surface area contributed by atoms with E-state index < -0.39 is 0 Å². The normalized spacial score (nSPS) is 10.2. The van der Waals surface area contributed by atoms with E-state index in [4.69, 9.17) is 10.5 Å². The van der Waals surface area contributed by atoms with E-state index in [2.05, 4.69) is 25.6 Å². The van der Waals surface area contributed by atoms with Gasteiger partial charge in [0, 0.05) is 18.4 Å². The third kappa shape index (κ3) is 4.23. The monoisotopic (exact) mass is 350 g/mol. The molecule has 0 spiro atoms. The SMILES string of the molecule is COc1cnc(C(=O)Nc2cccc(CNc3cccnc3N)c2)cn1. The molecule has 8 nitrogen and oxygen atoms in total. The number of aromatic nitrogens is 3. The zero-order chi connectivity index (χ0) is 18.4.